The lowest BCUT2D eigenvalue weighted by atomic mass is 10.00. The van der Waals surface area contributed by atoms with Gasteiger partial charge in [0.1, 0.15) is 5.82 Å². The van der Waals surface area contributed by atoms with E-state index < -0.39 is 11.7 Å². The van der Waals surface area contributed by atoms with Gasteiger partial charge in [-0.3, -0.25) is 4.90 Å². The Morgan fingerprint density at radius 2 is 1.54 bits per heavy atom. The monoisotopic (exact) mass is 509 g/mol. The molecule has 37 heavy (non-hydrogen) atoms. The number of hydrogen-bond donors (Lipinski definition) is 0. The number of halogens is 3. The maximum absolute atomic E-state index is 13.6. The Morgan fingerprint density at radius 1 is 0.784 bits per heavy atom. The fraction of sp³-hybridized carbons (Fsp3) is 0.429. The number of ether oxygens (including phenoxy) is 1. The molecule has 3 aliphatic rings. The summed E-state index contributed by atoms with van der Waals surface area (Å²) in [5, 5.41) is 0. The van der Waals surface area contributed by atoms with Crippen LogP contribution in [0.2, 0.25) is 0 Å². The molecule has 0 N–H and O–H groups in total. The lowest BCUT2D eigenvalue weighted by Gasteiger charge is -2.36. The first-order chi connectivity index (χ1) is 18.0. The first-order valence-electron chi connectivity index (χ1n) is 12.9. The van der Waals surface area contributed by atoms with E-state index in [1.807, 2.05) is 0 Å². The highest BCUT2D eigenvalue weighted by atomic mass is 19.4. The van der Waals surface area contributed by atoms with Crippen LogP contribution >= 0.6 is 0 Å². The molecule has 0 spiro atoms. The van der Waals surface area contributed by atoms with Gasteiger partial charge in [-0.25, -0.2) is 4.98 Å². The summed E-state index contributed by atoms with van der Waals surface area (Å²) in [7, 11) is 0. The summed E-state index contributed by atoms with van der Waals surface area (Å²) in [6.07, 6.45) is -2.73. The minimum absolute atomic E-state index is 0.238. The van der Waals surface area contributed by atoms with Crippen LogP contribution in [0.15, 0.2) is 48.5 Å². The highest BCUT2D eigenvalue weighted by Crippen LogP contribution is 2.35. The molecule has 3 aliphatic heterocycles. The topological polar surface area (TPSA) is 44.7 Å². The van der Waals surface area contributed by atoms with Gasteiger partial charge < -0.3 is 14.5 Å². The van der Waals surface area contributed by atoms with Crippen molar-refractivity contribution in [3.8, 4) is 0 Å². The highest BCUT2D eigenvalue weighted by Gasteiger charge is 2.34. The number of fused-ring (bicyclic) bond motifs is 2. The molecule has 1 saturated heterocycles. The van der Waals surface area contributed by atoms with Gasteiger partial charge in [-0.2, -0.15) is 18.2 Å². The van der Waals surface area contributed by atoms with Gasteiger partial charge in [0.25, 0.3) is 0 Å². The molecule has 1 aromatic heterocycles. The van der Waals surface area contributed by atoms with E-state index in [-0.39, 0.29) is 6.54 Å². The van der Waals surface area contributed by atoms with Crippen molar-refractivity contribution in [2.24, 2.45) is 0 Å². The number of alkyl halides is 3. The van der Waals surface area contributed by atoms with Crippen molar-refractivity contribution in [1.82, 2.24) is 14.9 Å². The molecular formula is C28H30F3N5O. The summed E-state index contributed by atoms with van der Waals surface area (Å²) < 4.78 is 46.4. The molecule has 4 heterocycles. The van der Waals surface area contributed by atoms with Crippen LogP contribution in [0.1, 0.15) is 33.5 Å². The number of rotatable bonds is 4. The van der Waals surface area contributed by atoms with Gasteiger partial charge in [0.2, 0.25) is 5.95 Å². The van der Waals surface area contributed by atoms with Gasteiger partial charge in [-0.1, -0.05) is 42.5 Å². The van der Waals surface area contributed by atoms with E-state index in [1.165, 1.54) is 23.3 Å². The van der Waals surface area contributed by atoms with Gasteiger partial charge in [0.05, 0.1) is 24.5 Å². The van der Waals surface area contributed by atoms with Crippen LogP contribution in [-0.4, -0.2) is 54.3 Å². The lowest BCUT2D eigenvalue weighted by molar-refractivity contribution is -0.138. The average Bonchev–Trinajstić information content (AvgIpc) is 2.92. The van der Waals surface area contributed by atoms with Crippen molar-refractivity contribution < 1.29 is 17.9 Å². The molecule has 9 heteroatoms. The fourth-order valence-electron chi connectivity index (χ4n) is 5.60. The fourth-order valence-corrected chi connectivity index (χ4v) is 5.60. The van der Waals surface area contributed by atoms with Gasteiger partial charge in [-0.05, 0) is 29.2 Å². The Hall–Kier alpha value is -3.17. The molecule has 0 bridgehead atoms. The number of aromatic nitrogens is 2. The first-order valence-corrected chi connectivity index (χ1v) is 12.9. The van der Waals surface area contributed by atoms with Crippen molar-refractivity contribution in [1.29, 1.82) is 0 Å². The Labute approximate surface area is 214 Å². The molecule has 0 unspecified atom stereocenters. The van der Waals surface area contributed by atoms with Gasteiger partial charge >= 0.3 is 6.18 Å². The Morgan fingerprint density at radius 3 is 2.35 bits per heavy atom. The van der Waals surface area contributed by atoms with E-state index in [9.17, 15) is 13.2 Å². The predicted octanol–water partition coefficient (Wildman–Crippen LogP) is 4.45. The highest BCUT2D eigenvalue weighted by molar-refractivity contribution is 5.55. The molecule has 1 fully saturated rings. The number of hydrogen-bond acceptors (Lipinski definition) is 6. The minimum atomic E-state index is -4.37. The summed E-state index contributed by atoms with van der Waals surface area (Å²) in [5.41, 5.74) is 4.45. The summed E-state index contributed by atoms with van der Waals surface area (Å²) in [5.74, 6) is 1.64. The standard InChI is InChI=1S/C28H30F3N5O/c29-28(30,31)24-8-4-3-7-22(24)17-34-11-10-25-23(19-34)26(35-13-15-37-16-14-35)33-27(32-25)36-12-9-20-5-1-2-6-21(20)18-36/h1-8H,9-19H2. The van der Waals surface area contributed by atoms with Gasteiger partial charge in [-0.15, -0.1) is 0 Å². The van der Waals surface area contributed by atoms with Crippen LogP contribution < -0.4 is 9.80 Å². The second kappa shape index (κ2) is 9.95. The van der Waals surface area contributed by atoms with Crippen LogP contribution in [0.25, 0.3) is 0 Å². The van der Waals surface area contributed by atoms with E-state index in [1.54, 1.807) is 12.1 Å². The maximum atomic E-state index is 13.6. The molecule has 0 radical (unpaired) electrons. The zero-order valence-electron chi connectivity index (χ0n) is 20.7. The van der Waals surface area contributed by atoms with Crippen LogP contribution in [0, 0.1) is 0 Å². The quantitative estimate of drug-likeness (QED) is 0.518. The van der Waals surface area contributed by atoms with Crippen LogP contribution in [-0.2, 0) is 43.4 Å². The van der Waals surface area contributed by atoms with Crippen molar-refractivity contribution in [2.75, 3.05) is 49.2 Å². The minimum Gasteiger partial charge on any atom is -0.378 e. The molecule has 0 aliphatic carbocycles. The zero-order chi connectivity index (χ0) is 25.4. The number of benzene rings is 2. The Balaban J connectivity index is 1.31. The molecular weight excluding hydrogens is 479 g/mol. The summed E-state index contributed by atoms with van der Waals surface area (Å²) in [6.45, 7) is 5.80. The summed E-state index contributed by atoms with van der Waals surface area (Å²) in [6, 6.07) is 14.4. The molecule has 194 valence electrons. The van der Waals surface area contributed by atoms with Crippen molar-refractivity contribution in [3.63, 3.8) is 0 Å². The van der Waals surface area contributed by atoms with E-state index >= 15 is 0 Å². The SMILES string of the molecule is FC(F)(F)c1ccccc1CN1CCc2nc(N3CCc4ccccc4C3)nc(N3CCOCC3)c2C1. The largest absolute Gasteiger partial charge is 0.416 e. The van der Waals surface area contributed by atoms with Gasteiger partial charge in [0, 0.05) is 57.8 Å². The third-order valence-electron chi connectivity index (χ3n) is 7.55. The zero-order valence-corrected chi connectivity index (χ0v) is 20.7. The number of morpholine rings is 1. The summed E-state index contributed by atoms with van der Waals surface area (Å²) in [4.78, 5) is 16.7. The van der Waals surface area contributed by atoms with E-state index in [2.05, 4.69) is 39.0 Å². The normalized spacial score (nSPS) is 18.5. The molecule has 6 rings (SSSR count). The number of nitrogens with zero attached hydrogens (tertiary/aromatic N) is 5. The summed E-state index contributed by atoms with van der Waals surface area (Å²) >= 11 is 0. The molecule has 0 amide bonds. The lowest BCUT2D eigenvalue weighted by Crippen LogP contribution is -2.41. The Bertz CT molecular complexity index is 1270. The van der Waals surface area contributed by atoms with Crippen molar-refractivity contribution in [3.05, 3.63) is 82.0 Å². The second-order valence-electron chi connectivity index (χ2n) is 9.93. The Kier molecular flexibility index (Phi) is 6.50. The van der Waals surface area contributed by atoms with Crippen LogP contribution in [0.3, 0.4) is 0 Å². The third kappa shape index (κ3) is 5.02. The first kappa shape index (κ1) is 24.2. The van der Waals surface area contributed by atoms with E-state index in [4.69, 9.17) is 14.7 Å². The van der Waals surface area contributed by atoms with Crippen LogP contribution in [0.5, 0.6) is 0 Å². The van der Waals surface area contributed by atoms with E-state index in [0.29, 0.717) is 38.3 Å². The van der Waals surface area contributed by atoms with Crippen molar-refractivity contribution >= 4 is 11.8 Å². The third-order valence-corrected chi connectivity index (χ3v) is 7.55. The average molecular weight is 510 g/mol. The molecule has 3 aromatic rings. The van der Waals surface area contributed by atoms with Crippen molar-refractivity contribution in [2.45, 2.75) is 38.7 Å². The molecule has 0 atom stereocenters. The molecule has 2 aromatic carbocycles. The second-order valence-corrected chi connectivity index (χ2v) is 9.93. The van der Waals surface area contributed by atoms with Crippen LogP contribution in [0.4, 0.5) is 24.9 Å². The van der Waals surface area contributed by atoms with E-state index in [0.717, 1.165) is 55.6 Å². The molecule has 0 saturated carbocycles. The molecule has 6 nitrogen and oxygen atoms in total. The smallest absolute Gasteiger partial charge is 0.378 e. The van der Waals surface area contributed by atoms with Gasteiger partial charge in [0.15, 0.2) is 0 Å². The maximum Gasteiger partial charge on any atom is 0.416 e. The predicted molar refractivity (Wildman–Crippen MR) is 136 cm³/mol. The number of anilines is 2.